The summed E-state index contributed by atoms with van der Waals surface area (Å²) in [5.74, 6) is 0.271. The molecule has 0 saturated heterocycles. The summed E-state index contributed by atoms with van der Waals surface area (Å²) in [5.41, 5.74) is 2.27. The Morgan fingerprint density at radius 3 is 2.75 bits per heavy atom. The van der Waals surface area contributed by atoms with Crippen molar-refractivity contribution in [2.45, 2.75) is 46.0 Å². The van der Waals surface area contributed by atoms with Crippen LogP contribution in [0.2, 0.25) is 0 Å². The zero-order valence-electron chi connectivity index (χ0n) is 12.2. The Kier molecular flexibility index (Phi) is 4.58. The molecule has 2 rings (SSSR count). The van der Waals surface area contributed by atoms with Gasteiger partial charge < -0.3 is 5.11 Å². The average Bonchev–Trinajstić information content (AvgIpc) is 2.72. The molecule has 1 aromatic rings. The second-order valence-electron chi connectivity index (χ2n) is 5.90. The van der Waals surface area contributed by atoms with E-state index in [0.29, 0.717) is 17.3 Å². The van der Waals surface area contributed by atoms with Gasteiger partial charge in [-0.25, -0.2) is 4.79 Å². The molecule has 3 nitrogen and oxygen atoms in total. The highest BCUT2D eigenvalue weighted by Gasteiger charge is 2.29. The van der Waals surface area contributed by atoms with Crippen LogP contribution in [0.1, 0.15) is 54.1 Å². The number of rotatable bonds is 5. The number of carbonyl (C=O) groups excluding carboxylic acids is 1. The highest BCUT2D eigenvalue weighted by atomic mass is 16.4. The van der Waals surface area contributed by atoms with E-state index in [0.717, 1.165) is 43.2 Å². The van der Waals surface area contributed by atoms with E-state index in [9.17, 15) is 9.59 Å². The molecule has 1 fully saturated rings. The summed E-state index contributed by atoms with van der Waals surface area (Å²) < 4.78 is 0. The molecule has 1 aliphatic carbocycles. The zero-order valence-corrected chi connectivity index (χ0v) is 12.2. The van der Waals surface area contributed by atoms with Crippen LogP contribution in [0.25, 0.3) is 0 Å². The third-order valence-electron chi connectivity index (χ3n) is 4.55. The zero-order chi connectivity index (χ0) is 14.7. The standard InChI is InChI=1S/C17H22O3/c1-11-6-7-13(10-15(11)17(19)20)4-3-5-14-8-9-16(18)12(14)2/h6-7,10,12,14H,3-5,8-9H2,1-2H3,(H,19,20)/t12-,14+/m1/s1. The van der Waals surface area contributed by atoms with Crippen molar-refractivity contribution >= 4 is 11.8 Å². The van der Waals surface area contributed by atoms with E-state index in [2.05, 4.69) is 0 Å². The van der Waals surface area contributed by atoms with Crippen LogP contribution in [-0.4, -0.2) is 16.9 Å². The maximum Gasteiger partial charge on any atom is 0.335 e. The number of hydrogen-bond acceptors (Lipinski definition) is 2. The number of benzene rings is 1. The number of Topliss-reactive ketones (excluding diaryl/α,β-unsaturated/α-hetero) is 1. The summed E-state index contributed by atoms with van der Waals surface area (Å²) in [4.78, 5) is 22.6. The van der Waals surface area contributed by atoms with E-state index in [1.807, 2.05) is 26.0 Å². The van der Waals surface area contributed by atoms with Gasteiger partial charge in [0.2, 0.25) is 0 Å². The molecule has 1 aromatic carbocycles. The van der Waals surface area contributed by atoms with Crippen LogP contribution in [0.3, 0.4) is 0 Å². The molecule has 0 unspecified atom stereocenters. The molecule has 1 N–H and O–H groups in total. The van der Waals surface area contributed by atoms with Crippen molar-refractivity contribution in [3.63, 3.8) is 0 Å². The number of hydrogen-bond donors (Lipinski definition) is 1. The molecule has 0 amide bonds. The molecule has 3 heteroatoms. The molecule has 0 heterocycles. The average molecular weight is 274 g/mol. The Morgan fingerprint density at radius 2 is 2.15 bits per heavy atom. The molecule has 0 bridgehead atoms. The van der Waals surface area contributed by atoms with Crippen LogP contribution in [0.15, 0.2) is 18.2 Å². The Labute approximate surface area is 120 Å². The van der Waals surface area contributed by atoms with Crippen molar-refractivity contribution in [1.29, 1.82) is 0 Å². The van der Waals surface area contributed by atoms with Gasteiger partial charge in [0.15, 0.2) is 0 Å². The van der Waals surface area contributed by atoms with Gasteiger partial charge >= 0.3 is 5.97 Å². The fourth-order valence-electron chi connectivity index (χ4n) is 3.09. The van der Waals surface area contributed by atoms with E-state index in [1.165, 1.54) is 0 Å². The van der Waals surface area contributed by atoms with Crippen molar-refractivity contribution in [1.82, 2.24) is 0 Å². The first kappa shape index (κ1) is 14.8. The third kappa shape index (κ3) is 3.27. The van der Waals surface area contributed by atoms with E-state index < -0.39 is 5.97 Å². The van der Waals surface area contributed by atoms with Gasteiger partial charge in [-0.2, -0.15) is 0 Å². The Bertz CT molecular complexity index is 519. The molecule has 1 saturated carbocycles. The summed E-state index contributed by atoms with van der Waals surface area (Å²) in [6, 6.07) is 5.66. The molecule has 0 aliphatic heterocycles. The van der Waals surface area contributed by atoms with Crippen LogP contribution in [0.5, 0.6) is 0 Å². The van der Waals surface area contributed by atoms with Gasteiger partial charge in [0.25, 0.3) is 0 Å². The first-order valence-electron chi connectivity index (χ1n) is 7.34. The minimum Gasteiger partial charge on any atom is -0.478 e. The van der Waals surface area contributed by atoms with E-state index in [1.54, 1.807) is 6.07 Å². The molecule has 108 valence electrons. The molecule has 1 aliphatic rings. The lowest BCUT2D eigenvalue weighted by atomic mass is 9.91. The predicted molar refractivity (Wildman–Crippen MR) is 78.0 cm³/mol. The number of aromatic carboxylic acids is 1. The number of ketones is 1. The normalized spacial score (nSPS) is 22.2. The van der Waals surface area contributed by atoms with Gasteiger partial charge in [0.05, 0.1) is 5.56 Å². The fraction of sp³-hybridized carbons (Fsp3) is 0.529. The summed E-state index contributed by atoms with van der Waals surface area (Å²) in [5, 5.41) is 9.11. The minimum atomic E-state index is -0.862. The summed E-state index contributed by atoms with van der Waals surface area (Å²) in [7, 11) is 0. The van der Waals surface area contributed by atoms with Crippen molar-refractivity contribution < 1.29 is 14.7 Å². The van der Waals surface area contributed by atoms with Crippen LogP contribution in [0, 0.1) is 18.8 Å². The quantitative estimate of drug-likeness (QED) is 0.892. The lowest BCUT2D eigenvalue weighted by Crippen LogP contribution is -2.10. The first-order chi connectivity index (χ1) is 9.49. The molecular weight excluding hydrogens is 252 g/mol. The maximum absolute atomic E-state index is 11.5. The molecule has 0 spiro atoms. The van der Waals surface area contributed by atoms with E-state index >= 15 is 0 Å². The van der Waals surface area contributed by atoms with Gasteiger partial charge in [-0.3, -0.25) is 4.79 Å². The Morgan fingerprint density at radius 1 is 1.40 bits per heavy atom. The second-order valence-corrected chi connectivity index (χ2v) is 5.90. The van der Waals surface area contributed by atoms with Crippen molar-refractivity contribution in [2.75, 3.05) is 0 Å². The number of carbonyl (C=O) groups is 2. The fourth-order valence-corrected chi connectivity index (χ4v) is 3.09. The largest absolute Gasteiger partial charge is 0.478 e. The maximum atomic E-state index is 11.5. The van der Waals surface area contributed by atoms with Gasteiger partial charge in [0.1, 0.15) is 5.78 Å². The van der Waals surface area contributed by atoms with Crippen LogP contribution in [-0.2, 0) is 11.2 Å². The highest BCUT2D eigenvalue weighted by Crippen LogP contribution is 2.32. The minimum absolute atomic E-state index is 0.211. The number of aryl methyl sites for hydroxylation is 2. The van der Waals surface area contributed by atoms with Crippen LogP contribution in [0.4, 0.5) is 0 Å². The SMILES string of the molecule is Cc1ccc(CCC[C@H]2CCC(=O)[C@@H]2C)cc1C(=O)O. The van der Waals surface area contributed by atoms with Gasteiger partial charge in [0, 0.05) is 12.3 Å². The molecule has 2 atom stereocenters. The Hall–Kier alpha value is -1.64. The lowest BCUT2D eigenvalue weighted by Gasteiger charge is -2.13. The smallest absolute Gasteiger partial charge is 0.335 e. The summed E-state index contributed by atoms with van der Waals surface area (Å²) >= 11 is 0. The monoisotopic (exact) mass is 274 g/mol. The van der Waals surface area contributed by atoms with E-state index in [4.69, 9.17) is 5.11 Å². The topological polar surface area (TPSA) is 54.4 Å². The van der Waals surface area contributed by atoms with Crippen molar-refractivity contribution in [3.05, 3.63) is 34.9 Å². The van der Waals surface area contributed by atoms with Gasteiger partial charge in [-0.1, -0.05) is 19.1 Å². The number of carboxylic acid groups (broad SMARTS) is 1. The molecule has 0 radical (unpaired) electrons. The molecule has 20 heavy (non-hydrogen) atoms. The highest BCUT2D eigenvalue weighted by molar-refractivity contribution is 5.89. The van der Waals surface area contributed by atoms with E-state index in [-0.39, 0.29) is 5.92 Å². The summed E-state index contributed by atoms with van der Waals surface area (Å²) in [6.07, 6.45) is 4.72. The first-order valence-corrected chi connectivity index (χ1v) is 7.34. The predicted octanol–water partition coefficient (Wildman–Crippen LogP) is 3.63. The summed E-state index contributed by atoms with van der Waals surface area (Å²) in [6.45, 7) is 3.85. The number of carboxylic acids is 1. The molecule has 0 aromatic heterocycles. The van der Waals surface area contributed by atoms with Crippen molar-refractivity contribution in [3.8, 4) is 0 Å². The van der Waals surface area contributed by atoms with Gasteiger partial charge in [-0.05, 0) is 55.7 Å². The third-order valence-corrected chi connectivity index (χ3v) is 4.55. The molecular formula is C17H22O3. The Balaban J connectivity index is 1.90. The van der Waals surface area contributed by atoms with Crippen LogP contribution >= 0.6 is 0 Å². The van der Waals surface area contributed by atoms with Crippen molar-refractivity contribution in [2.24, 2.45) is 11.8 Å². The van der Waals surface area contributed by atoms with Gasteiger partial charge in [-0.15, -0.1) is 0 Å². The lowest BCUT2D eigenvalue weighted by molar-refractivity contribution is -0.120. The second kappa shape index (κ2) is 6.21. The van der Waals surface area contributed by atoms with Crippen LogP contribution < -0.4 is 0 Å².